The molecule has 0 aliphatic carbocycles. The Morgan fingerprint density at radius 1 is 1.10 bits per heavy atom. The number of aromatic nitrogens is 1. The van der Waals surface area contributed by atoms with Crippen LogP contribution in [0.4, 0.5) is 11.4 Å². The number of benzene rings is 2. The van der Waals surface area contributed by atoms with Crippen LogP contribution in [-0.4, -0.2) is 69.5 Å². The van der Waals surface area contributed by atoms with Gasteiger partial charge in [0.1, 0.15) is 18.4 Å². The first-order valence-electron chi connectivity index (χ1n) is 13.3. The van der Waals surface area contributed by atoms with Crippen molar-refractivity contribution in [3.8, 4) is 28.6 Å². The molecule has 39 heavy (non-hydrogen) atoms. The molecule has 2 aliphatic rings. The minimum Gasteiger partial charge on any atom is -0.486 e. The summed E-state index contributed by atoms with van der Waals surface area (Å²) in [5.74, 6) is 1.77. The highest BCUT2D eigenvalue weighted by atomic mass is 16.6. The summed E-state index contributed by atoms with van der Waals surface area (Å²) in [5, 5.41) is 6.46. The predicted molar refractivity (Wildman–Crippen MR) is 150 cm³/mol. The molecule has 0 radical (unpaired) electrons. The number of nitrogens with zero attached hydrogens (tertiary/aromatic N) is 2. The van der Waals surface area contributed by atoms with Gasteiger partial charge in [0.25, 0.3) is 0 Å². The van der Waals surface area contributed by atoms with E-state index in [0.717, 1.165) is 36.3 Å². The second-order valence-electron chi connectivity index (χ2n) is 10.1. The van der Waals surface area contributed by atoms with E-state index < -0.39 is 0 Å². The Balaban J connectivity index is 1.31. The van der Waals surface area contributed by atoms with Crippen LogP contribution < -0.4 is 24.8 Å². The van der Waals surface area contributed by atoms with E-state index in [1.54, 1.807) is 7.11 Å². The van der Waals surface area contributed by atoms with E-state index in [2.05, 4.69) is 41.8 Å². The van der Waals surface area contributed by atoms with Crippen LogP contribution in [0.3, 0.4) is 0 Å². The number of amides is 1. The number of carbonyl (C=O) groups is 1. The zero-order chi connectivity index (χ0) is 27.2. The average Bonchev–Trinajstić information content (AvgIpc) is 2.96. The molecular formula is C30H36N4O5. The zero-order valence-electron chi connectivity index (χ0n) is 22.7. The van der Waals surface area contributed by atoms with Gasteiger partial charge in [-0.1, -0.05) is 18.2 Å². The molecule has 1 unspecified atom stereocenters. The van der Waals surface area contributed by atoms with Crippen LogP contribution in [0.15, 0.2) is 54.6 Å². The van der Waals surface area contributed by atoms with E-state index in [1.807, 2.05) is 42.5 Å². The Morgan fingerprint density at radius 3 is 2.72 bits per heavy atom. The summed E-state index contributed by atoms with van der Waals surface area (Å²) in [4.78, 5) is 19.5. The van der Waals surface area contributed by atoms with Crippen LogP contribution in [0.2, 0.25) is 0 Å². The summed E-state index contributed by atoms with van der Waals surface area (Å²) in [7, 11) is 5.71. The van der Waals surface area contributed by atoms with E-state index in [-0.39, 0.29) is 17.9 Å². The molecule has 2 aromatic carbocycles. The lowest BCUT2D eigenvalue weighted by Crippen LogP contribution is -2.43. The quantitative estimate of drug-likeness (QED) is 0.423. The fourth-order valence-corrected chi connectivity index (χ4v) is 4.86. The molecule has 0 spiro atoms. The molecule has 0 saturated carbocycles. The van der Waals surface area contributed by atoms with Crippen LogP contribution >= 0.6 is 0 Å². The normalized spacial score (nSPS) is 17.1. The molecule has 1 atom stereocenters. The minimum absolute atomic E-state index is 0.00893. The van der Waals surface area contributed by atoms with Gasteiger partial charge >= 0.3 is 0 Å². The van der Waals surface area contributed by atoms with Crippen molar-refractivity contribution in [2.24, 2.45) is 5.92 Å². The SMILES string of the molecule is COc1nc(-c2cccc3c2OC(CNC(=O)C2CCOCC2)CO3)ccc1Nc1cccc(CN(C)C)c1. The number of para-hydroxylation sites is 1. The van der Waals surface area contributed by atoms with Crippen molar-refractivity contribution >= 4 is 17.3 Å². The lowest BCUT2D eigenvalue weighted by atomic mass is 9.99. The first-order valence-corrected chi connectivity index (χ1v) is 13.3. The van der Waals surface area contributed by atoms with Gasteiger partial charge in [0.2, 0.25) is 11.8 Å². The van der Waals surface area contributed by atoms with Gasteiger partial charge in [-0.05, 0) is 68.9 Å². The third kappa shape index (κ3) is 6.61. The average molecular weight is 533 g/mol. The largest absolute Gasteiger partial charge is 0.486 e. The number of carbonyl (C=O) groups excluding carboxylic acids is 1. The molecule has 9 nitrogen and oxygen atoms in total. The summed E-state index contributed by atoms with van der Waals surface area (Å²) in [5.41, 5.74) is 4.43. The zero-order valence-corrected chi connectivity index (χ0v) is 22.7. The predicted octanol–water partition coefficient (Wildman–Crippen LogP) is 4.25. The van der Waals surface area contributed by atoms with Gasteiger partial charge in [-0.15, -0.1) is 0 Å². The molecule has 1 amide bonds. The number of pyridine rings is 1. The molecule has 1 saturated heterocycles. The van der Waals surface area contributed by atoms with E-state index in [0.29, 0.717) is 49.4 Å². The van der Waals surface area contributed by atoms with Crippen molar-refractivity contribution in [3.05, 3.63) is 60.2 Å². The van der Waals surface area contributed by atoms with Gasteiger partial charge < -0.3 is 34.5 Å². The molecule has 2 aliphatic heterocycles. The van der Waals surface area contributed by atoms with E-state index in [4.69, 9.17) is 23.9 Å². The molecule has 0 bridgehead atoms. The van der Waals surface area contributed by atoms with Crippen LogP contribution in [0.5, 0.6) is 17.4 Å². The monoisotopic (exact) mass is 532 g/mol. The van der Waals surface area contributed by atoms with Gasteiger partial charge in [-0.3, -0.25) is 4.79 Å². The van der Waals surface area contributed by atoms with Crippen molar-refractivity contribution in [3.63, 3.8) is 0 Å². The maximum atomic E-state index is 12.6. The fourth-order valence-electron chi connectivity index (χ4n) is 4.86. The number of hydrogen-bond acceptors (Lipinski definition) is 8. The number of anilines is 2. The van der Waals surface area contributed by atoms with E-state index in [1.165, 1.54) is 5.56 Å². The Labute approximate surface area is 229 Å². The van der Waals surface area contributed by atoms with Gasteiger partial charge in [0.05, 0.1) is 19.3 Å². The standard InChI is InChI=1S/C30H36N4O5/c1-34(2)18-20-6-4-7-22(16-20)32-26-11-10-25(33-30(26)36-3)24-8-5-9-27-28(24)39-23(19-38-27)17-31-29(35)21-12-14-37-15-13-21/h4-11,16,21,23,32H,12-15,17-19H2,1-3H3,(H,31,35). The van der Waals surface area contributed by atoms with E-state index in [9.17, 15) is 4.79 Å². The summed E-state index contributed by atoms with van der Waals surface area (Å²) in [6, 6.07) is 17.9. The fraction of sp³-hybridized carbons (Fsp3) is 0.400. The molecule has 3 heterocycles. The maximum absolute atomic E-state index is 12.6. The van der Waals surface area contributed by atoms with Crippen molar-refractivity contribution in [1.29, 1.82) is 0 Å². The van der Waals surface area contributed by atoms with Gasteiger partial charge in [-0.25, -0.2) is 4.98 Å². The Kier molecular flexibility index (Phi) is 8.48. The highest BCUT2D eigenvalue weighted by molar-refractivity contribution is 5.79. The van der Waals surface area contributed by atoms with Crippen LogP contribution in [0, 0.1) is 5.92 Å². The number of fused-ring (bicyclic) bond motifs is 1. The molecule has 5 rings (SSSR count). The van der Waals surface area contributed by atoms with Gasteiger partial charge in [0, 0.05) is 36.9 Å². The minimum atomic E-state index is -0.306. The summed E-state index contributed by atoms with van der Waals surface area (Å²) in [6.45, 7) is 2.84. The van der Waals surface area contributed by atoms with Crippen LogP contribution in [-0.2, 0) is 16.1 Å². The number of ether oxygens (including phenoxy) is 4. The van der Waals surface area contributed by atoms with Crippen LogP contribution in [0.25, 0.3) is 11.3 Å². The van der Waals surface area contributed by atoms with Crippen molar-refractivity contribution < 1.29 is 23.7 Å². The number of rotatable bonds is 9. The maximum Gasteiger partial charge on any atom is 0.238 e. The summed E-state index contributed by atoms with van der Waals surface area (Å²) < 4.78 is 23.4. The van der Waals surface area contributed by atoms with Crippen molar-refractivity contribution in [2.45, 2.75) is 25.5 Å². The number of nitrogens with one attached hydrogen (secondary N) is 2. The van der Waals surface area contributed by atoms with Crippen molar-refractivity contribution in [1.82, 2.24) is 15.2 Å². The first-order chi connectivity index (χ1) is 19.0. The molecule has 2 N–H and O–H groups in total. The highest BCUT2D eigenvalue weighted by Gasteiger charge is 2.27. The third-order valence-electron chi connectivity index (χ3n) is 6.82. The molecular weight excluding hydrogens is 496 g/mol. The first kappa shape index (κ1) is 26.8. The van der Waals surface area contributed by atoms with Gasteiger partial charge in [0.15, 0.2) is 11.5 Å². The summed E-state index contributed by atoms with van der Waals surface area (Å²) >= 11 is 0. The molecule has 1 fully saturated rings. The number of methoxy groups -OCH3 is 1. The molecule has 3 aromatic rings. The molecule has 9 heteroatoms. The third-order valence-corrected chi connectivity index (χ3v) is 6.82. The second kappa shape index (κ2) is 12.4. The lowest BCUT2D eigenvalue weighted by molar-refractivity contribution is -0.128. The Morgan fingerprint density at radius 2 is 1.92 bits per heavy atom. The summed E-state index contributed by atoms with van der Waals surface area (Å²) in [6.07, 6.45) is 1.20. The lowest BCUT2D eigenvalue weighted by Gasteiger charge is -2.29. The number of hydrogen-bond donors (Lipinski definition) is 2. The second-order valence-corrected chi connectivity index (χ2v) is 10.1. The van der Waals surface area contributed by atoms with Crippen molar-refractivity contribution in [2.75, 3.05) is 52.9 Å². The Hall–Kier alpha value is -3.82. The highest BCUT2D eigenvalue weighted by Crippen LogP contribution is 2.41. The van der Waals surface area contributed by atoms with Gasteiger partial charge in [-0.2, -0.15) is 0 Å². The molecule has 1 aromatic heterocycles. The van der Waals surface area contributed by atoms with Crippen LogP contribution in [0.1, 0.15) is 18.4 Å². The molecule has 206 valence electrons. The van der Waals surface area contributed by atoms with E-state index >= 15 is 0 Å². The smallest absolute Gasteiger partial charge is 0.238 e. The Bertz CT molecular complexity index is 1290. The topological polar surface area (TPSA) is 94.2 Å².